The van der Waals surface area contributed by atoms with Crippen molar-refractivity contribution in [2.24, 2.45) is 4.99 Å². The molecular weight excluding hydrogens is 455 g/mol. The van der Waals surface area contributed by atoms with Crippen molar-refractivity contribution in [3.8, 4) is 0 Å². The molecule has 1 fully saturated rings. The molecule has 1 aliphatic heterocycles. The molecule has 156 valence electrons. The topological polar surface area (TPSA) is 66.7 Å². The second-order valence-corrected chi connectivity index (χ2v) is 7.54. The van der Waals surface area contributed by atoms with E-state index in [1.807, 2.05) is 6.92 Å². The second kappa shape index (κ2) is 11.9. The molecule has 2 rings (SSSR count). The second-order valence-electron chi connectivity index (χ2n) is 7.54. The highest BCUT2D eigenvalue weighted by Gasteiger charge is 2.28. The van der Waals surface area contributed by atoms with Crippen molar-refractivity contribution in [1.82, 2.24) is 25.3 Å². The highest BCUT2D eigenvalue weighted by Crippen LogP contribution is 2.16. The van der Waals surface area contributed by atoms with Gasteiger partial charge in [0.2, 0.25) is 0 Å². The fourth-order valence-electron chi connectivity index (χ4n) is 3.22. The maximum absolute atomic E-state index is 5.46. The first-order valence-corrected chi connectivity index (χ1v) is 9.78. The Bertz CT molecular complexity index is 581. The van der Waals surface area contributed by atoms with Gasteiger partial charge in [0.05, 0.1) is 25.5 Å². The van der Waals surface area contributed by atoms with E-state index >= 15 is 0 Å². The van der Waals surface area contributed by atoms with E-state index in [1.165, 1.54) is 5.69 Å². The Balaban J connectivity index is 0.00000364. The standard InChI is InChI=1S/C19H36N6O.HI/c1-6-20-18(21-8-7-9-25-17(3)14-16(2)23-25)22-15-19(4,5)24-10-12-26-13-11-24;/h14H,6-13,15H2,1-5H3,(H2,20,21,22);1H. The maximum Gasteiger partial charge on any atom is 0.191 e. The molecule has 0 bridgehead atoms. The summed E-state index contributed by atoms with van der Waals surface area (Å²) in [5.74, 6) is 0.891. The highest BCUT2D eigenvalue weighted by atomic mass is 127. The first-order chi connectivity index (χ1) is 12.4. The summed E-state index contributed by atoms with van der Waals surface area (Å²) >= 11 is 0. The van der Waals surface area contributed by atoms with Gasteiger partial charge in [-0.15, -0.1) is 24.0 Å². The van der Waals surface area contributed by atoms with E-state index in [0.29, 0.717) is 0 Å². The van der Waals surface area contributed by atoms with E-state index < -0.39 is 0 Å². The number of nitrogens with one attached hydrogen (secondary N) is 2. The van der Waals surface area contributed by atoms with Crippen LogP contribution in [0.3, 0.4) is 0 Å². The molecule has 0 radical (unpaired) electrons. The molecule has 1 aromatic rings. The minimum Gasteiger partial charge on any atom is -0.379 e. The average Bonchev–Trinajstić information content (AvgIpc) is 2.94. The van der Waals surface area contributed by atoms with Crippen LogP contribution in [-0.2, 0) is 11.3 Å². The van der Waals surface area contributed by atoms with Gasteiger partial charge in [-0.05, 0) is 47.1 Å². The summed E-state index contributed by atoms with van der Waals surface area (Å²) in [5, 5.41) is 11.3. The Morgan fingerprint density at radius 1 is 1.26 bits per heavy atom. The summed E-state index contributed by atoms with van der Waals surface area (Å²) in [5.41, 5.74) is 2.33. The summed E-state index contributed by atoms with van der Waals surface area (Å²) in [6.45, 7) is 17.8. The van der Waals surface area contributed by atoms with Gasteiger partial charge in [-0.2, -0.15) is 5.10 Å². The number of halogens is 1. The first-order valence-electron chi connectivity index (χ1n) is 9.78. The van der Waals surface area contributed by atoms with Gasteiger partial charge in [-0.1, -0.05) is 0 Å². The van der Waals surface area contributed by atoms with Gasteiger partial charge >= 0.3 is 0 Å². The Morgan fingerprint density at radius 3 is 2.56 bits per heavy atom. The third-order valence-electron chi connectivity index (χ3n) is 4.78. The predicted molar refractivity (Wildman–Crippen MR) is 122 cm³/mol. The van der Waals surface area contributed by atoms with E-state index in [1.54, 1.807) is 0 Å². The van der Waals surface area contributed by atoms with Gasteiger partial charge in [-0.3, -0.25) is 14.6 Å². The molecule has 2 N–H and O–H groups in total. The van der Waals surface area contributed by atoms with Crippen LogP contribution in [0.4, 0.5) is 0 Å². The summed E-state index contributed by atoms with van der Waals surface area (Å²) in [7, 11) is 0. The SMILES string of the molecule is CCNC(=NCC(C)(C)N1CCOCC1)NCCCn1nc(C)cc1C.I. The highest BCUT2D eigenvalue weighted by molar-refractivity contribution is 14.0. The lowest BCUT2D eigenvalue weighted by Gasteiger charge is -2.39. The predicted octanol–water partition coefficient (Wildman–Crippen LogP) is 2.17. The molecule has 0 unspecified atom stereocenters. The number of morpholine rings is 1. The summed E-state index contributed by atoms with van der Waals surface area (Å²) in [6.07, 6.45) is 1.01. The minimum absolute atomic E-state index is 0. The number of nitrogens with zero attached hydrogens (tertiary/aromatic N) is 4. The van der Waals surface area contributed by atoms with Crippen molar-refractivity contribution in [2.75, 3.05) is 45.9 Å². The van der Waals surface area contributed by atoms with Crippen LogP contribution in [0.25, 0.3) is 0 Å². The molecule has 0 saturated carbocycles. The monoisotopic (exact) mass is 492 g/mol. The number of ether oxygens (including phenoxy) is 1. The molecule has 8 heteroatoms. The van der Waals surface area contributed by atoms with Crippen molar-refractivity contribution in [3.63, 3.8) is 0 Å². The fourth-order valence-corrected chi connectivity index (χ4v) is 3.22. The molecule has 7 nitrogen and oxygen atoms in total. The van der Waals surface area contributed by atoms with Crippen molar-refractivity contribution < 1.29 is 4.74 Å². The number of guanidine groups is 1. The number of aromatic nitrogens is 2. The van der Waals surface area contributed by atoms with Gasteiger partial charge in [0, 0.05) is 44.0 Å². The van der Waals surface area contributed by atoms with Crippen molar-refractivity contribution >= 4 is 29.9 Å². The van der Waals surface area contributed by atoms with Gasteiger partial charge in [-0.25, -0.2) is 0 Å². The normalized spacial score (nSPS) is 16.1. The minimum atomic E-state index is 0. The van der Waals surface area contributed by atoms with Gasteiger partial charge in [0.15, 0.2) is 5.96 Å². The van der Waals surface area contributed by atoms with E-state index in [4.69, 9.17) is 9.73 Å². The fraction of sp³-hybridized carbons (Fsp3) is 0.789. The van der Waals surface area contributed by atoms with Crippen LogP contribution in [0.2, 0.25) is 0 Å². The maximum atomic E-state index is 5.46. The van der Waals surface area contributed by atoms with Crippen LogP contribution in [-0.4, -0.2) is 72.1 Å². The molecule has 2 heterocycles. The van der Waals surface area contributed by atoms with Crippen molar-refractivity contribution in [3.05, 3.63) is 17.5 Å². The average molecular weight is 492 g/mol. The van der Waals surface area contributed by atoms with Crippen LogP contribution in [0.1, 0.15) is 38.6 Å². The lowest BCUT2D eigenvalue weighted by atomic mass is 10.0. The molecule has 0 spiro atoms. The summed E-state index contributed by atoms with van der Waals surface area (Å²) < 4.78 is 7.53. The van der Waals surface area contributed by atoms with Crippen molar-refractivity contribution in [1.29, 1.82) is 0 Å². The zero-order valence-electron chi connectivity index (χ0n) is 17.5. The Labute approximate surface area is 181 Å². The molecule has 0 atom stereocenters. The number of aliphatic imine (C=N–C) groups is 1. The van der Waals surface area contributed by atoms with Crippen LogP contribution in [0.15, 0.2) is 11.1 Å². The summed E-state index contributed by atoms with van der Waals surface area (Å²) in [6, 6.07) is 2.12. The molecule has 0 aliphatic carbocycles. The van der Waals surface area contributed by atoms with Gasteiger partial charge < -0.3 is 15.4 Å². The van der Waals surface area contributed by atoms with E-state index in [0.717, 1.165) is 70.6 Å². The van der Waals surface area contributed by atoms with Crippen molar-refractivity contribution in [2.45, 2.75) is 53.1 Å². The molecule has 1 saturated heterocycles. The zero-order valence-corrected chi connectivity index (χ0v) is 19.9. The summed E-state index contributed by atoms with van der Waals surface area (Å²) in [4.78, 5) is 7.28. The Morgan fingerprint density at radius 2 is 1.96 bits per heavy atom. The molecular formula is C19H37IN6O. The van der Waals surface area contributed by atoms with E-state index in [-0.39, 0.29) is 29.5 Å². The van der Waals surface area contributed by atoms with Crippen LogP contribution < -0.4 is 10.6 Å². The van der Waals surface area contributed by atoms with E-state index in [2.05, 4.69) is 59.1 Å². The molecule has 27 heavy (non-hydrogen) atoms. The first kappa shape index (κ1) is 24.2. The number of rotatable bonds is 8. The van der Waals surface area contributed by atoms with Gasteiger partial charge in [0.1, 0.15) is 0 Å². The quantitative estimate of drug-likeness (QED) is 0.252. The Kier molecular flexibility index (Phi) is 10.6. The number of aryl methyl sites for hydroxylation is 3. The van der Waals surface area contributed by atoms with Crippen LogP contribution in [0, 0.1) is 13.8 Å². The molecule has 0 amide bonds. The molecule has 1 aliphatic rings. The lowest BCUT2D eigenvalue weighted by molar-refractivity contribution is -0.00683. The van der Waals surface area contributed by atoms with E-state index in [9.17, 15) is 0 Å². The van der Waals surface area contributed by atoms with Gasteiger partial charge in [0.25, 0.3) is 0 Å². The smallest absolute Gasteiger partial charge is 0.191 e. The molecule has 0 aromatic carbocycles. The Hall–Kier alpha value is -0.870. The lowest BCUT2D eigenvalue weighted by Crippen LogP contribution is -2.52. The molecule has 1 aromatic heterocycles. The third-order valence-corrected chi connectivity index (χ3v) is 4.78. The van der Waals surface area contributed by atoms with Crippen LogP contribution in [0.5, 0.6) is 0 Å². The number of hydrogen-bond donors (Lipinski definition) is 2. The largest absolute Gasteiger partial charge is 0.379 e. The number of hydrogen-bond acceptors (Lipinski definition) is 4. The van der Waals surface area contributed by atoms with Crippen LogP contribution >= 0.6 is 24.0 Å². The zero-order chi connectivity index (χ0) is 19.0. The third kappa shape index (κ3) is 7.95.